The SMILES string of the molecule is CC1=C(\C)CC/C=C/C=C\1. The molecule has 0 unspecified atom stereocenters. The Balaban J connectivity index is 2.79. The lowest BCUT2D eigenvalue weighted by molar-refractivity contribution is 0.959. The van der Waals surface area contributed by atoms with Crippen LogP contribution in [-0.2, 0) is 0 Å². The highest BCUT2D eigenvalue weighted by molar-refractivity contribution is 5.26. The number of rotatable bonds is 0. The lowest BCUT2D eigenvalue weighted by atomic mass is 10.0. The first-order valence-electron chi connectivity index (χ1n) is 3.80. The van der Waals surface area contributed by atoms with Crippen LogP contribution in [0, 0.1) is 0 Å². The van der Waals surface area contributed by atoms with E-state index >= 15 is 0 Å². The molecular weight excluding hydrogens is 120 g/mol. The van der Waals surface area contributed by atoms with Gasteiger partial charge in [0.2, 0.25) is 0 Å². The molecule has 0 saturated heterocycles. The van der Waals surface area contributed by atoms with Gasteiger partial charge in [-0.2, -0.15) is 0 Å². The van der Waals surface area contributed by atoms with Gasteiger partial charge in [0.25, 0.3) is 0 Å². The Bertz CT molecular complexity index is 192. The molecule has 0 aromatic rings. The molecule has 1 aliphatic rings. The van der Waals surface area contributed by atoms with Gasteiger partial charge >= 0.3 is 0 Å². The first-order valence-corrected chi connectivity index (χ1v) is 3.80. The third kappa shape index (κ3) is 1.87. The van der Waals surface area contributed by atoms with Gasteiger partial charge in [-0.25, -0.2) is 0 Å². The van der Waals surface area contributed by atoms with Crippen molar-refractivity contribution in [1.29, 1.82) is 0 Å². The first-order chi connectivity index (χ1) is 4.80. The van der Waals surface area contributed by atoms with E-state index in [1.54, 1.807) is 0 Å². The maximum Gasteiger partial charge on any atom is -0.0282 e. The summed E-state index contributed by atoms with van der Waals surface area (Å²) in [6, 6.07) is 0. The molecule has 0 N–H and O–H groups in total. The fourth-order valence-corrected chi connectivity index (χ4v) is 1.01. The molecule has 10 heavy (non-hydrogen) atoms. The van der Waals surface area contributed by atoms with Gasteiger partial charge in [-0.05, 0) is 26.7 Å². The zero-order chi connectivity index (χ0) is 7.40. The number of allylic oxidation sites excluding steroid dienone is 6. The smallest absolute Gasteiger partial charge is 0.0282 e. The van der Waals surface area contributed by atoms with Crippen LogP contribution in [0.2, 0.25) is 0 Å². The van der Waals surface area contributed by atoms with E-state index in [0.717, 1.165) is 0 Å². The molecule has 0 atom stereocenters. The topological polar surface area (TPSA) is 0 Å². The van der Waals surface area contributed by atoms with Crippen LogP contribution < -0.4 is 0 Å². The summed E-state index contributed by atoms with van der Waals surface area (Å²) in [7, 11) is 0. The van der Waals surface area contributed by atoms with Gasteiger partial charge < -0.3 is 0 Å². The Morgan fingerprint density at radius 2 is 2.00 bits per heavy atom. The van der Waals surface area contributed by atoms with E-state index in [9.17, 15) is 0 Å². The fraction of sp³-hybridized carbons (Fsp3) is 0.400. The van der Waals surface area contributed by atoms with Crippen molar-refractivity contribution in [2.75, 3.05) is 0 Å². The van der Waals surface area contributed by atoms with Gasteiger partial charge in [0, 0.05) is 0 Å². The molecule has 0 aromatic carbocycles. The molecule has 0 aromatic heterocycles. The maximum absolute atomic E-state index is 2.21. The average molecular weight is 134 g/mol. The van der Waals surface area contributed by atoms with Gasteiger partial charge in [0.15, 0.2) is 0 Å². The fourth-order valence-electron chi connectivity index (χ4n) is 1.01. The van der Waals surface area contributed by atoms with Crippen molar-refractivity contribution in [3.05, 3.63) is 35.5 Å². The molecule has 0 bridgehead atoms. The van der Waals surface area contributed by atoms with E-state index in [-0.39, 0.29) is 0 Å². The second-order valence-electron chi connectivity index (χ2n) is 2.79. The van der Waals surface area contributed by atoms with Crippen LogP contribution in [0.15, 0.2) is 35.5 Å². The van der Waals surface area contributed by atoms with Crippen molar-refractivity contribution >= 4 is 0 Å². The van der Waals surface area contributed by atoms with Crippen molar-refractivity contribution in [3.8, 4) is 0 Å². The molecule has 0 heteroatoms. The number of hydrogen-bond acceptors (Lipinski definition) is 0. The molecule has 0 nitrogen and oxygen atoms in total. The second kappa shape index (κ2) is 3.40. The highest BCUT2D eigenvalue weighted by Gasteiger charge is 1.93. The predicted octanol–water partition coefficient (Wildman–Crippen LogP) is 3.23. The quantitative estimate of drug-likeness (QED) is 0.477. The Kier molecular flexibility index (Phi) is 2.49. The lowest BCUT2D eigenvalue weighted by Crippen LogP contribution is -1.82. The van der Waals surface area contributed by atoms with Crippen LogP contribution in [-0.4, -0.2) is 0 Å². The van der Waals surface area contributed by atoms with E-state index in [1.165, 1.54) is 24.0 Å². The summed E-state index contributed by atoms with van der Waals surface area (Å²) >= 11 is 0. The molecule has 0 heterocycles. The Morgan fingerprint density at radius 3 is 2.80 bits per heavy atom. The molecule has 1 aliphatic carbocycles. The normalized spacial score (nSPS) is 32.6. The van der Waals surface area contributed by atoms with Gasteiger partial charge in [-0.3, -0.25) is 0 Å². The molecule has 54 valence electrons. The summed E-state index contributed by atoms with van der Waals surface area (Å²) in [4.78, 5) is 0. The van der Waals surface area contributed by atoms with E-state index in [2.05, 4.69) is 38.2 Å². The van der Waals surface area contributed by atoms with E-state index in [0.29, 0.717) is 0 Å². The summed E-state index contributed by atoms with van der Waals surface area (Å²) in [6.07, 6.45) is 11.0. The van der Waals surface area contributed by atoms with Crippen molar-refractivity contribution in [2.45, 2.75) is 26.7 Å². The maximum atomic E-state index is 2.21. The largest absolute Gasteiger partial charge is 0.0842 e. The zero-order valence-electron chi connectivity index (χ0n) is 6.72. The van der Waals surface area contributed by atoms with E-state index in [4.69, 9.17) is 0 Å². The van der Waals surface area contributed by atoms with Gasteiger partial charge in [0.05, 0.1) is 0 Å². The molecule has 0 radical (unpaired) electrons. The molecule has 1 rings (SSSR count). The van der Waals surface area contributed by atoms with Gasteiger partial charge in [-0.1, -0.05) is 35.5 Å². The van der Waals surface area contributed by atoms with Crippen molar-refractivity contribution in [1.82, 2.24) is 0 Å². The zero-order valence-corrected chi connectivity index (χ0v) is 6.72. The Hall–Kier alpha value is -0.780. The predicted molar refractivity (Wildman–Crippen MR) is 45.9 cm³/mol. The average Bonchev–Trinajstić information content (AvgIpc) is 1.92. The van der Waals surface area contributed by atoms with E-state index < -0.39 is 0 Å². The van der Waals surface area contributed by atoms with Crippen LogP contribution >= 0.6 is 0 Å². The molecular formula is C10H14. The molecule has 0 saturated carbocycles. The van der Waals surface area contributed by atoms with Crippen LogP contribution in [0.3, 0.4) is 0 Å². The first kappa shape index (κ1) is 7.33. The summed E-state index contributed by atoms with van der Waals surface area (Å²) < 4.78 is 0. The lowest BCUT2D eigenvalue weighted by Gasteiger charge is -2.03. The summed E-state index contributed by atoms with van der Waals surface area (Å²) in [5.74, 6) is 0. The second-order valence-corrected chi connectivity index (χ2v) is 2.79. The molecule has 0 amide bonds. The summed E-state index contributed by atoms with van der Waals surface area (Å²) in [6.45, 7) is 4.38. The van der Waals surface area contributed by atoms with E-state index in [1.807, 2.05) is 0 Å². The van der Waals surface area contributed by atoms with Crippen LogP contribution in [0.25, 0.3) is 0 Å². The van der Waals surface area contributed by atoms with Crippen LogP contribution in [0.5, 0.6) is 0 Å². The highest BCUT2D eigenvalue weighted by Crippen LogP contribution is 2.13. The summed E-state index contributed by atoms with van der Waals surface area (Å²) in [5, 5.41) is 0. The van der Waals surface area contributed by atoms with Crippen LogP contribution in [0.1, 0.15) is 26.7 Å². The highest BCUT2D eigenvalue weighted by atomic mass is 14.0. The Morgan fingerprint density at radius 1 is 1.20 bits per heavy atom. The molecule has 0 fully saturated rings. The standard InChI is InChI=1S/C10H14/c1-9-7-5-3-4-6-8-10(9)2/h3-5,7H,6,8H2,1-2H3/b4-3+,7-5-,10-9-. The molecule has 0 spiro atoms. The minimum Gasteiger partial charge on any atom is -0.0842 e. The number of hydrogen-bond donors (Lipinski definition) is 0. The van der Waals surface area contributed by atoms with Crippen molar-refractivity contribution in [2.24, 2.45) is 0 Å². The molecule has 0 aliphatic heterocycles. The monoisotopic (exact) mass is 134 g/mol. The van der Waals surface area contributed by atoms with Gasteiger partial charge in [0.1, 0.15) is 0 Å². The third-order valence-electron chi connectivity index (χ3n) is 1.95. The van der Waals surface area contributed by atoms with Crippen LogP contribution in [0.4, 0.5) is 0 Å². The van der Waals surface area contributed by atoms with Crippen molar-refractivity contribution < 1.29 is 0 Å². The Labute approximate surface area is 62.9 Å². The van der Waals surface area contributed by atoms with Crippen molar-refractivity contribution in [3.63, 3.8) is 0 Å². The minimum absolute atomic E-state index is 1.19. The third-order valence-corrected chi connectivity index (χ3v) is 1.95. The summed E-state index contributed by atoms with van der Waals surface area (Å²) in [5.41, 5.74) is 2.94. The minimum atomic E-state index is 1.19. The van der Waals surface area contributed by atoms with Gasteiger partial charge in [-0.15, -0.1) is 0 Å².